The molecule has 0 bridgehead atoms. The van der Waals surface area contributed by atoms with E-state index in [0.717, 1.165) is 16.5 Å². The third-order valence-corrected chi connectivity index (χ3v) is 4.41. The first kappa shape index (κ1) is 15.2. The first-order chi connectivity index (χ1) is 12.1. The van der Waals surface area contributed by atoms with Gasteiger partial charge in [-0.1, -0.05) is 12.1 Å². The molecule has 0 N–H and O–H groups in total. The van der Waals surface area contributed by atoms with Crippen molar-refractivity contribution in [2.75, 3.05) is 14.2 Å². The third-order valence-electron chi connectivity index (χ3n) is 4.41. The standard InChI is InChI=1S/C20H15NO4/c1-24-15-6-5-12-9-14(4-3-13(12)10-15)19-20(22)17-11-16(25-2)7-8-18(17)21(19)23/h3-11H,1-2H3. The lowest BCUT2D eigenvalue weighted by Crippen LogP contribution is -2.16. The number of rotatable bonds is 3. The Morgan fingerprint density at radius 2 is 1.48 bits per heavy atom. The molecule has 3 aromatic carbocycles. The maximum absolute atomic E-state index is 12.8. The fourth-order valence-corrected chi connectivity index (χ4v) is 3.09. The number of fused-ring (bicyclic) bond motifs is 2. The molecule has 1 aliphatic rings. The quantitative estimate of drug-likeness (QED) is 0.542. The van der Waals surface area contributed by atoms with Gasteiger partial charge in [-0.15, -0.1) is 0 Å². The number of methoxy groups -OCH3 is 2. The minimum Gasteiger partial charge on any atom is -0.618 e. The minimum atomic E-state index is -0.295. The number of nitrogens with zero attached hydrogens (tertiary/aromatic N) is 1. The van der Waals surface area contributed by atoms with Crippen LogP contribution in [-0.2, 0) is 0 Å². The Labute approximate surface area is 144 Å². The molecule has 0 aromatic heterocycles. The van der Waals surface area contributed by atoms with Crippen LogP contribution in [0.25, 0.3) is 10.8 Å². The topological polar surface area (TPSA) is 61.6 Å². The Balaban J connectivity index is 1.83. The zero-order valence-electron chi connectivity index (χ0n) is 13.8. The Morgan fingerprint density at radius 3 is 2.24 bits per heavy atom. The van der Waals surface area contributed by atoms with Crippen molar-refractivity contribution in [1.29, 1.82) is 0 Å². The molecule has 1 heterocycles. The summed E-state index contributed by atoms with van der Waals surface area (Å²) in [5.41, 5.74) is 1.42. The predicted octanol–water partition coefficient (Wildman–Crippen LogP) is 3.68. The van der Waals surface area contributed by atoms with Gasteiger partial charge in [0.15, 0.2) is 0 Å². The first-order valence-corrected chi connectivity index (χ1v) is 7.77. The zero-order chi connectivity index (χ0) is 17.6. The Bertz CT molecular complexity index is 1050. The van der Waals surface area contributed by atoms with Crippen molar-refractivity contribution in [2.24, 2.45) is 0 Å². The summed E-state index contributed by atoms with van der Waals surface area (Å²) in [5.74, 6) is 1.01. The van der Waals surface area contributed by atoms with E-state index in [1.54, 1.807) is 31.4 Å². The second-order valence-electron chi connectivity index (χ2n) is 5.78. The van der Waals surface area contributed by atoms with Crippen LogP contribution in [0.4, 0.5) is 5.69 Å². The average molecular weight is 333 g/mol. The van der Waals surface area contributed by atoms with Crippen LogP contribution >= 0.6 is 0 Å². The highest BCUT2D eigenvalue weighted by Gasteiger charge is 2.37. The van der Waals surface area contributed by atoms with Crippen LogP contribution in [0.2, 0.25) is 0 Å². The molecule has 0 fully saturated rings. The van der Waals surface area contributed by atoms with Gasteiger partial charge >= 0.3 is 0 Å². The molecule has 5 nitrogen and oxygen atoms in total. The Hall–Kier alpha value is -3.34. The van der Waals surface area contributed by atoms with E-state index in [2.05, 4.69) is 0 Å². The SMILES string of the molecule is COc1ccc2c(c1)C(=O)C(c1ccc3cc(OC)ccc3c1)=[N+]2[O-]. The van der Waals surface area contributed by atoms with Gasteiger partial charge in [-0.05, 0) is 47.2 Å². The van der Waals surface area contributed by atoms with Crippen molar-refractivity contribution in [3.05, 3.63) is 70.9 Å². The number of hydrogen-bond acceptors (Lipinski definition) is 4. The number of hydrogen-bond donors (Lipinski definition) is 0. The van der Waals surface area contributed by atoms with Gasteiger partial charge in [0.1, 0.15) is 17.1 Å². The molecule has 124 valence electrons. The summed E-state index contributed by atoms with van der Waals surface area (Å²) in [6.07, 6.45) is 0. The van der Waals surface area contributed by atoms with E-state index < -0.39 is 0 Å². The van der Waals surface area contributed by atoms with Gasteiger partial charge in [0, 0.05) is 6.07 Å². The number of carbonyl (C=O) groups is 1. The molecule has 4 rings (SSSR count). The highest BCUT2D eigenvalue weighted by Crippen LogP contribution is 2.32. The van der Waals surface area contributed by atoms with Crippen molar-refractivity contribution in [1.82, 2.24) is 0 Å². The molecule has 0 radical (unpaired) electrons. The lowest BCUT2D eigenvalue weighted by Gasteiger charge is -2.05. The Morgan fingerprint density at radius 1 is 0.840 bits per heavy atom. The molecule has 0 aliphatic carbocycles. The van der Waals surface area contributed by atoms with Crippen LogP contribution in [0.5, 0.6) is 11.5 Å². The largest absolute Gasteiger partial charge is 0.618 e. The molecular formula is C20H15NO4. The summed E-state index contributed by atoms with van der Waals surface area (Å²) >= 11 is 0. The van der Waals surface area contributed by atoms with E-state index in [4.69, 9.17) is 9.47 Å². The van der Waals surface area contributed by atoms with E-state index >= 15 is 0 Å². The summed E-state index contributed by atoms with van der Waals surface area (Å²) in [5, 5.41) is 14.6. The molecule has 1 aliphatic heterocycles. The van der Waals surface area contributed by atoms with Gasteiger partial charge in [-0.3, -0.25) is 4.79 Å². The summed E-state index contributed by atoms with van der Waals surface area (Å²) in [7, 11) is 3.14. The van der Waals surface area contributed by atoms with Crippen LogP contribution < -0.4 is 9.47 Å². The van der Waals surface area contributed by atoms with Crippen LogP contribution in [-0.4, -0.2) is 30.5 Å². The van der Waals surface area contributed by atoms with Gasteiger partial charge in [0.05, 0.1) is 19.8 Å². The summed E-state index contributed by atoms with van der Waals surface area (Å²) in [6, 6.07) is 16.1. The fraction of sp³-hybridized carbons (Fsp3) is 0.100. The normalized spacial score (nSPS) is 13.3. The maximum atomic E-state index is 12.8. The van der Waals surface area contributed by atoms with Crippen molar-refractivity contribution in [2.45, 2.75) is 0 Å². The number of Topliss-reactive ketones (excluding diaryl/α,β-unsaturated/α-hetero) is 1. The minimum absolute atomic E-state index is 0.126. The highest BCUT2D eigenvalue weighted by molar-refractivity contribution is 6.52. The van der Waals surface area contributed by atoms with Crippen LogP contribution in [0, 0.1) is 5.21 Å². The molecule has 5 heteroatoms. The van der Waals surface area contributed by atoms with Crippen molar-refractivity contribution < 1.29 is 19.0 Å². The fourth-order valence-electron chi connectivity index (χ4n) is 3.09. The summed E-state index contributed by atoms with van der Waals surface area (Å²) < 4.78 is 11.1. The predicted molar refractivity (Wildman–Crippen MR) is 95.2 cm³/mol. The van der Waals surface area contributed by atoms with Gasteiger partial charge in [0.25, 0.3) is 11.5 Å². The van der Waals surface area contributed by atoms with E-state index in [9.17, 15) is 10.0 Å². The number of benzene rings is 3. The summed E-state index contributed by atoms with van der Waals surface area (Å²) in [4.78, 5) is 12.8. The maximum Gasteiger partial charge on any atom is 0.272 e. The van der Waals surface area contributed by atoms with Crippen molar-refractivity contribution >= 4 is 28.0 Å². The van der Waals surface area contributed by atoms with E-state index in [1.807, 2.05) is 30.3 Å². The molecule has 25 heavy (non-hydrogen) atoms. The molecule has 0 spiro atoms. The highest BCUT2D eigenvalue weighted by atomic mass is 16.5. The lowest BCUT2D eigenvalue weighted by molar-refractivity contribution is -0.355. The molecule has 0 unspecified atom stereocenters. The van der Waals surface area contributed by atoms with Crippen LogP contribution in [0.3, 0.4) is 0 Å². The zero-order valence-corrected chi connectivity index (χ0v) is 13.8. The van der Waals surface area contributed by atoms with Gasteiger partial charge in [-0.25, -0.2) is 0 Å². The first-order valence-electron chi connectivity index (χ1n) is 7.77. The molecule has 3 aromatic rings. The van der Waals surface area contributed by atoms with Crippen LogP contribution in [0.15, 0.2) is 54.6 Å². The average Bonchev–Trinajstić information content (AvgIpc) is 2.91. The number of ketones is 1. The number of ether oxygens (including phenoxy) is 2. The van der Waals surface area contributed by atoms with Crippen LogP contribution in [0.1, 0.15) is 15.9 Å². The summed E-state index contributed by atoms with van der Waals surface area (Å²) in [6.45, 7) is 0. The molecule has 0 atom stereocenters. The number of carbonyl (C=O) groups excluding carboxylic acids is 1. The molecular weight excluding hydrogens is 318 g/mol. The van der Waals surface area contributed by atoms with E-state index in [-0.39, 0.29) is 11.5 Å². The van der Waals surface area contributed by atoms with Gasteiger partial charge in [-0.2, -0.15) is 4.74 Å². The van der Waals surface area contributed by atoms with E-state index in [1.165, 1.54) is 7.11 Å². The monoisotopic (exact) mass is 333 g/mol. The second-order valence-corrected chi connectivity index (χ2v) is 5.78. The third kappa shape index (κ3) is 2.32. The van der Waals surface area contributed by atoms with E-state index in [0.29, 0.717) is 27.3 Å². The Kier molecular flexibility index (Phi) is 3.42. The lowest BCUT2D eigenvalue weighted by atomic mass is 9.99. The smallest absolute Gasteiger partial charge is 0.272 e. The molecule has 0 saturated carbocycles. The molecule has 0 saturated heterocycles. The van der Waals surface area contributed by atoms with Crippen molar-refractivity contribution in [3.8, 4) is 11.5 Å². The second kappa shape index (κ2) is 5.63. The van der Waals surface area contributed by atoms with Gasteiger partial charge < -0.3 is 14.7 Å². The van der Waals surface area contributed by atoms with Gasteiger partial charge in [0.2, 0.25) is 5.69 Å². The van der Waals surface area contributed by atoms with Crippen molar-refractivity contribution in [3.63, 3.8) is 0 Å². The molecule has 0 amide bonds.